The molecular formula is C34H39N7O8. The molecule has 0 saturated carbocycles. The Morgan fingerprint density at radius 3 is 2.61 bits per heavy atom. The molecule has 0 aliphatic carbocycles. The first-order valence-corrected chi connectivity index (χ1v) is 16.3. The number of methoxy groups -OCH3 is 1. The number of benzene rings is 2. The molecule has 4 bridgehead atoms. The number of para-hydroxylation sites is 2. The summed E-state index contributed by atoms with van der Waals surface area (Å²) >= 11 is 0. The Morgan fingerprint density at radius 2 is 1.82 bits per heavy atom. The van der Waals surface area contributed by atoms with Crippen molar-refractivity contribution in [3.63, 3.8) is 0 Å². The van der Waals surface area contributed by atoms with E-state index in [1.165, 1.54) is 22.8 Å². The Morgan fingerprint density at radius 1 is 1.02 bits per heavy atom. The predicted molar refractivity (Wildman–Crippen MR) is 176 cm³/mol. The van der Waals surface area contributed by atoms with E-state index in [0.717, 1.165) is 0 Å². The Labute approximate surface area is 281 Å². The summed E-state index contributed by atoms with van der Waals surface area (Å²) in [5, 5.41) is 5.87. The SMILES string of the molecule is COc1ccc2cc1O[C@H]1C[C@@H](C(=O)NCCCCN(C(=O)c3cncn3C)CCCNC2=O)N(C(=O)Cn2c(=O)oc3ccccc32)C1. The van der Waals surface area contributed by atoms with Crippen LogP contribution in [-0.4, -0.2) is 99.5 Å². The average molecular weight is 674 g/mol. The maximum atomic E-state index is 13.8. The zero-order valence-electron chi connectivity index (χ0n) is 27.4. The van der Waals surface area contributed by atoms with Gasteiger partial charge in [-0.3, -0.25) is 23.7 Å². The number of fused-ring (bicyclic) bond motifs is 5. The second-order valence-corrected chi connectivity index (χ2v) is 12.1. The van der Waals surface area contributed by atoms with Gasteiger partial charge in [0.15, 0.2) is 17.1 Å². The highest BCUT2D eigenvalue weighted by Crippen LogP contribution is 2.32. The van der Waals surface area contributed by atoms with Crippen molar-refractivity contribution < 1.29 is 33.1 Å². The number of aryl methyl sites for hydroxylation is 1. The number of hydrogen-bond donors (Lipinski definition) is 2. The van der Waals surface area contributed by atoms with Crippen molar-refractivity contribution in [2.45, 2.75) is 44.4 Å². The molecular weight excluding hydrogens is 634 g/mol. The molecule has 2 aliphatic rings. The third-order valence-electron chi connectivity index (χ3n) is 8.84. The summed E-state index contributed by atoms with van der Waals surface area (Å²) in [6, 6.07) is 10.7. The number of nitrogens with zero attached hydrogens (tertiary/aromatic N) is 5. The van der Waals surface area contributed by atoms with Gasteiger partial charge >= 0.3 is 5.76 Å². The highest BCUT2D eigenvalue weighted by molar-refractivity contribution is 5.95. The van der Waals surface area contributed by atoms with E-state index in [1.54, 1.807) is 65.3 Å². The summed E-state index contributed by atoms with van der Waals surface area (Å²) in [5.74, 6) is -1.31. The second-order valence-electron chi connectivity index (χ2n) is 12.1. The Kier molecular flexibility index (Phi) is 9.97. The first kappa shape index (κ1) is 33.3. The van der Waals surface area contributed by atoms with Crippen LogP contribution >= 0.6 is 0 Å². The lowest BCUT2D eigenvalue weighted by molar-refractivity contribution is -0.139. The largest absolute Gasteiger partial charge is 0.493 e. The van der Waals surface area contributed by atoms with Crippen molar-refractivity contribution >= 4 is 34.7 Å². The minimum absolute atomic E-state index is 0.0616. The van der Waals surface area contributed by atoms with Crippen LogP contribution in [0, 0.1) is 0 Å². The van der Waals surface area contributed by atoms with E-state index in [1.807, 2.05) is 0 Å². The number of carbonyl (C=O) groups excluding carboxylic acids is 4. The van der Waals surface area contributed by atoms with Gasteiger partial charge in [-0.2, -0.15) is 0 Å². The number of aromatic nitrogens is 3. The Balaban J connectivity index is 1.24. The summed E-state index contributed by atoms with van der Waals surface area (Å²) in [6.07, 6.45) is 4.37. The molecule has 4 aromatic rings. The molecule has 1 saturated heterocycles. The Bertz CT molecular complexity index is 1910. The summed E-state index contributed by atoms with van der Waals surface area (Å²) in [7, 11) is 3.24. The van der Waals surface area contributed by atoms with Crippen LogP contribution in [0.15, 0.2) is 64.2 Å². The quantitative estimate of drug-likeness (QED) is 0.326. The molecule has 1 fully saturated rings. The van der Waals surface area contributed by atoms with E-state index in [0.29, 0.717) is 73.5 Å². The molecule has 15 heteroatoms. The fourth-order valence-electron chi connectivity index (χ4n) is 6.26. The van der Waals surface area contributed by atoms with Gasteiger partial charge in [0, 0.05) is 45.2 Å². The lowest BCUT2D eigenvalue weighted by atomic mass is 10.1. The van der Waals surface area contributed by atoms with Crippen LogP contribution in [-0.2, 0) is 23.2 Å². The zero-order chi connectivity index (χ0) is 34.5. The normalized spacial score (nSPS) is 19.3. The van der Waals surface area contributed by atoms with Crippen molar-refractivity contribution in [2.75, 3.05) is 39.8 Å². The topological polar surface area (TPSA) is 170 Å². The molecule has 2 aromatic heterocycles. The Hall–Kier alpha value is -5.60. The molecule has 49 heavy (non-hydrogen) atoms. The number of likely N-dealkylation sites (tertiary alicyclic amines) is 1. The van der Waals surface area contributed by atoms with Crippen LogP contribution in [0.1, 0.15) is 46.5 Å². The molecule has 6 rings (SSSR count). The van der Waals surface area contributed by atoms with Crippen LogP contribution < -0.4 is 25.9 Å². The lowest BCUT2D eigenvalue weighted by Crippen LogP contribution is -2.47. The minimum atomic E-state index is -0.881. The number of oxazole rings is 1. The molecule has 4 amide bonds. The van der Waals surface area contributed by atoms with Crippen molar-refractivity contribution in [2.24, 2.45) is 7.05 Å². The van der Waals surface area contributed by atoms with E-state index in [9.17, 15) is 24.0 Å². The van der Waals surface area contributed by atoms with Gasteiger partial charge in [-0.25, -0.2) is 9.78 Å². The molecule has 2 atom stereocenters. The van der Waals surface area contributed by atoms with E-state index < -0.39 is 23.8 Å². The van der Waals surface area contributed by atoms with Crippen molar-refractivity contribution in [1.82, 2.24) is 34.6 Å². The molecule has 2 aliphatic heterocycles. The minimum Gasteiger partial charge on any atom is -0.493 e. The summed E-state index contributed by atoms with van der Waals surface area (Å²) in [6.45, 7) is 1.24. The third-order valence-corrected chi connectivity index (χ3v) is 8.84. The highest BCUT2D eigenvalue weighted by atomic mass is 16.5. The fourth-order valence-corrected chi connectivity index (χ4v) is 6.26. The number of nitrogens with one attached hydrogen (secondary N) is 2. The first-order valence-electron chi connectivity index (χ1n) is 16.3. The standard InChI is InChI=1S/C34H39N7O8/c1-38-21-35-18-26(38)33(45)39-14-6-5-12-37-32(44)25-17-23(48-29-16-22(10-11-28(29)47-2)31(43)36-13-7-15-39)19-40(25)30(42)20-41-24-8-3-4-9-27(24)49-34(41)46/h3-4,8-11,16,18,21,23,25H,5-7,12-15,17,19-20H2,1-2H3,(H,36,43)(H,37,44)/t23-,25-/m0/s1. The van der Waals surface area contributed by atoms with Crippen LogP contribution in [0.5, 0.6) is 11.5 Å². The highest BCUT2D eigenvalue weighted by Gasteiger charge is 2.41. The zero-order valence-corrected chi connectivity index (χ0v) is 27.4. The van der Waals surface area contributed by atoms with Gasteiger partial charge in [0.25, 0.3) is 11.8 Å². The number of carbonyl (C=O) groups is 4. The van der Waals surface area contributed by atoms with Crippen molar-refractivity contribution in [1.29, 1.82) is 0 Å². The van der Waals surface area contributed by atoms with Crippen molar-refractivity contribution in [3.05, 3.63) is 76.8 Å². The maximum Gasteiger partial charge on any atom is 0.420 e. The lowest BCUT2D eigenvalue weighted by Gasteiger charge is -2.24. The van der Waals surface area contributed by atoms with Crippen LogP contribution in [0.25, 0.3) is 11.1 Å². The predicted octanol–water partition coefficient (Wildman–Crippen LogP) is 1.56. The average Bonchev–Trinajstić information content (AvgIpc) is 3.81. The van der Waals surface area contributed by atoms with E-state index in [2.05, 4.69) is 15.6 Å². The molecule has 2 aromatic carbocycles. The van der Waals surface area contributed by atoms with Crippen LogP contribution in [0.4, 0.5) is 0 Å². The smallest absolute Gasteiger partial charge is 0.420 e. The molecule has 4 heterocycles. The number of rotatable bonds is 4. The third kappa shape index (κ3) is 7.29. The van der Waals surface area contributed by atoms with Crippen molar-refractivity contribution in [3.8, 4) is 11.5 Å². The van der Waals surface area contributed by atoms with Gasteiger partial charge in [-0.05, 0) is 49.6 Å². The summed E-state index contributed by atoms with van der Waals surface area (Å²) < 4.78 is 20.0. The second kappa shape index (κ2) is 14.7. The molecule has 0 spiro atoms. The summed E-state index contributed by atoms with van der Waals surface area (Å²) in [4.78, 5) is 73.7. The van der Waals surface area contributed by atoms with Crippen LogP contribution in [0.2, 0.25) is 0 Å². The molecule has 0 radical (unpaired) electrons. The number of imidazole rings is 1. The van der Waals surface area contributed by atoms with Gasteiger partial charge in [-0.15, -0.1) is 0 Å². The molecule has 15 nitrogen and oxygen atoms in total. The summed E-state index contributed by atoms with van der Waals surface area (Å²) in [5.41, 5.74) is 1.61. The number of hydrogen-bond acceptors (Lipinski definition) is 9. The van der Waals surface area contributed by atoms with Gasteiger partial charge < -0.3 is 38.9 Å². The van der Waals surface area contributed by atoms with E-state index in [4.69, 9.17) is 13.9 Å². The van der Waals surface area contributed by atoms with Gasteiger partial charge in [0.1, 0.15) is 24.4 Å². The first-order chi connectivity index (χ1) is 23.7. The fraction of sp³-hybridized carbons (Fsp3) is 0.412. The van der Waals surface area contributed by atoms with Gasteiger partial charge in [0.2, 0.25) is 11.8 Å². The number of ether oxygens (including phenoxy) is 2. The van der Waals surface area contributed by atoms with E-state index >= 15 is 0 Å². The maximum absolute atomic E-state index is 13.8. The van der Waals surface area contributed by atoms with Crippen LogP contribution in [0.3, 0.4) is 0 Å². The number of amides is 4. The molecule has 0 unspecified atom stereocenters. The molecule has 2 N–H and O–H groups in total. The van der Waals surface area contributed by atoms with Gasteiger partial charge in [0.05, 0.1) is 31.7 Å². The monoisotopic (exact) mass is 673 g/mol. The van der Waals surface area contributed by atoms with Gasteiger partial charge in [-0.1, -0.05) is 12.1 Å². The van der Waals surface area contributed by atoms with E-state index in [-0.39, 0.29) is 43.0 Å². The molecule has 258 valence electrons.